The van der Waals surface area contributed by atoms with Crippen molar-refractivity contribution in [3.05, 3.63) is 59.5 Å². The smallest absolute Gasteiger partial charge is 0.274 e. The van der Waals surface area contributed by atoms with E-state index in [-0.39, 0.29) is 10.8 Å². The van der Waals surface area contributed by atoms with Crippen LogP contribution < -0.4 is 10.5 Å². The molecule has 0 atom stereocenters. The van der Waals surface area contributed by atoms with E-state index >= 15 is 0 Å². The van der Waals surface area contributed by atoms with Crippen LogP contribution in [0, 0.1) is 6.92 Å². The number of benzene rings is 1. The molecule has 0 unspecified atom stereocenters. The number of imidazole rings is 1. The number of amides is 1. The lowest BCUT2D eigenvalue weighted by molar-refractivity contribution is 0.102. The first-order valence-electron chi connectivity index (χ1n) is 8.22. The minimum absolute atomic E-state index is 0.00685. The molecule has 3 N–H and O–H groups in total. The second-order valence-corrected chi connectivity index (χ2v) is 7.63. The summed E-state index contributed by atoms with van der Waals surface area (Å²) >= 11 is 0. The summed E-state index contributed by atoms with van der Waals surface area (Å²) in [6.45, 7) is 3.98. The van der Waals surface area contributed by atoms with E-state index < -0.39 is 10.0 Å². The first-order valence-corrected chi connectivity index (χ1v) is 9.76. The average molecular weight is 372 g/mol. The number of aryl methyl sites for hydroxylation is 2. The van der Waals surface area contributed by atoms with Gasteiger partial charge in [-0.3, -0.25) is 9.20 Å². The van der Waals surface area contributed by atoms with Crippen molar-refractivity contribution in [1.29, 1.82) is 0 Å². The number of nitrogens with zero attached hydrogens (tertiary/aromatic N) is 2. The Labute approximate surface area is 151 Å². The summed E-state index contributed by atoms with van der Waals surface area (Å²) in [6, 6.07) is 9.55. The van der Waals surface area contributed by atoms with E-state index in [1.807, 2.05) is 32.2 Å². The summed E-state index contributed by atoms with van der Waals surface area (Å²) in [5.41, 5.74) is 3.45. The Bertz CT molecular complexity index is 1070. The fourth-order valence-electron chi connectivity index (χ4n) is 2.82. The number of sulfonamides is 1. The predicted molar refractivity (Wildman–Crippen MR) is 99.7 cm³/mol. The lowest BCUT2D eigenvalue weighted by atomic mass is 10.2. The molecule has 0 saturated heterocycles. The molecule has 8 heteroatoms. The van der Waals surface area contributed by atoms with E-state index in [9.17, 15) is 13.2 Å². The minimum Gasteiger partial charge on any atom is -0.321 e. The Morgan fingerprint density at radius 3 is 2.54 bits per heavy atom. The van der Waals surface area contributed by atoms with Crippen LogP contribution in [0.25, 0.3) is 5.65 Å². The highest BCUT2D eigenvalue weighted by molar-refractivity contribution is 7.89. The lowest BCUT2D eigenvalue weighted by Crippen LogP contribution is -2.17. The molecule has 0 saturated carbocycles. The van der Waals surface area contributed by atoms with Crippen molar-refractivity contribution < 1.29 is 13.2 Å². The maximum atomic E-state index is 12.9. The first-order chi connectivity index (χ1) is 12.3. The highest BCUT2D eigenvalue weighted by Gasteiger charge is 2.20. The van der Waals surface area contributed by atoms with Gasteiger partial charge >= 0.3 is 0 Å². The number of carbonyl (C=O) groups excluding carboxylic acids is 1. The average Bonchev–Trinajstić information content (AvgIpc) is 2.94. The molecule has 0 fully saturated rings. The lowest BCUT2D eigenvalue weighted by Gasteiger charge is -2.08. The van der Waals surface area contributed by atoms with Crippen molar-refractivity contribution >= 4 is 27.3 Å². The van der Waals surface area contributed by atoms with Gasteiger partial charge in [0, 0.05) is 11.9 Å². The third-order valence-electron chi connectivity index (χ3n) is 4.06. The number of anilines is 1. The molecular formula is C18H20N4O3S. The Morgan fingerprint density at radius 1 is 1.23 bits per heavy atom. The summed E-state index contributed by atoms with van der Waals surface area (Å²) < 4.78 is 24.4. The minimum atomic E-state index is -3.77. The van der Waals surface area contributed by atoms with E-state index in [1.165, 1.54) is 24.3 Å². The highest BCUT2D eigenvalue weighted by atomic mass is 32.2. The molecule has 136 valence electrons. The van der Waals surface area contributed by atoms with Crippen molar-refractivity contribution in [2.24, 2.45) is 5.14 Å². The zero-order valence-electron chi connectivity index (χ0n) is 14.6. The van der Waals surface area contributed by atoms with Gasteiger partial charge < -0.3 is 5.32 Å². The van der Waals surface area contributed by atoms with Crippen LogP contribution in [-0.2, 0) is 16.4 Å². The number of nitrogens with two attached hydrogens (primary N) is 1. The van der Waals surface area contributed by atoms with E-state index in [0.717, 1.165) is 23.3 Å². The Balaban J connectivity index is 1.97. The Kier molecular flexibility index (Phi) is 4.80. The van der Waals surface area contributed by atoms with Crippen LogP contribution in [0.2, 0.25) is 0 Å². The van der Waals surface area contributed by atoms with Crippen LogP contribution >= 0.6 is 0 Å². The van der Waals surface area contributed by atoms with E-state index in [0.29, 0.717) is 17.8 Å². The van der Waals surface area contributed by atoms with Crippen LogP contribution in [0.15, 0.2) is 47.5 Å². The number of hydrogen-bond acceptors (Lipinski definition) is 4. The molecule has 1 amide bonds. The molecule has 26 heavy (non-hydrogen) atoms. The third-order valence-corrected chi connectivity index (χ3v) is 4.99. The molecule has 0 radical (unpaired) electrons. The molecule has 7 nitrogen and oxygen atoms in total. The van der Waals surface area contributed by atoms with Gasteiger partial charge in [-0.05, 0) is 49.2 Å². The Hall–Kier alpha value is -2.71. The number of pyridine rings is 1. The highest BCUT2D eigenvalue weighted by Crippen LogP contribution is 2.20. The zero-order chi connectivity index (χ0) is 18.9. The van der Waals surface area contributed by atoms with Gasteiger partial charge in [0.1, 0.15) is 11.3 Å². The van der Waals surface area contributed by atoms with Crippen LogP contribution in [0.3, 0.4) is 0 Å². The van der Waals surface area contributed by atoms with Crippen LogP contribution in [0.1, 0.15) is 35.1 Å². The molecule has 2 aromatic heterocycles. The normalized spacial score (nSPS) is 11.7. The molecule has 0 spiro atoms. The molecule has 0 aliphatic heterocycles. The maximum Gasteiger partial charge on any atom is 0.274 e. The molecule has 1 aromatic carbocycles. The van der Waals surface area contributed by atoms with Crippen molar-refractivity contribution in [2.75, 3.05) is 5.32 Å². The van der Waals surface area contributed by atoms with E-state index in [1.54, 1.807) is 4.40 Å². The van der Waals surface area contributed by atoms with E-state index in [4.69, 9.17) is 5.14 Å². The number of nitrogens with one attached hydrogen (secondary N) is 1. The van der Waals surface area contributed by atoms with Crippen LogP contribution in [0.5, 0.6) is 0 Å². The van der Waals surface area contributed by atoms with Crippen molar-refractivity contribution in [2.45, 2.75) is 31.6 Å². The molecule has 2 heterocycles. The fraction of sp³-hybridized carbons (Fsp3) is 0.222. The molecular weight excluding hydrogens is 352 g/mol. The van der Waals surface area contributed by atoms with Gasteiger partial charge in [0.05, 0.1) is 10.6 Å². The van der Waals surface area contributed by atoms with Gasteiger partial charge in [0.2, 0.25) is 10.0 Å². The number of rotatable bonds is 5. The van der Waals surface area contributed by atoms with Crippen molar-refractivity contribution in [1.82, 2.24) is 9.38 Å². The second-order valence-electron chi connectivity index (χ2n) is 6.07. The van der Waals surface area contributed by atoms with Gasteiger partial charge in [-0.2, -0.15) is 0 Å². The SMILES string of the molecule is CCCc1nc2c(C)cccn2c1C(=O)Nc1ccc(S(N)(=O)=O)cc1. The summed E-state index contributed by atoms with van der Waals surface area (Å²) in [4.78, 5) is 17.5. The molecule has 3 rings (SSSR count). The molecule has 0 aliphatic carbocycles. The monoisotopic (exact) mass is 372 g/mol. The maximum absolute atomic E-state index is 12.9. The largest absolute Gasteiger partial charge is 0.321 e. The molecule has 3 aromatic rings. The molecule has 0 aliphatic rings. The van der Waals surface area contributed by atoms with Gasteiger partial charge in [0.25, 0.3) is 5.91 Å². The van der Waals surface area contributed by atoms with Gasteiger partial charge in [-0.25, -0.2) is 18.5 Å². The van der Waals surface area contributed by atoms with Crippen molar-refractivity contribution in [3.8, 4) is 0 Å². The van der Waals surface area contributed by atoms with Crippen LogP contribution in [-0.4, -0.2) is 23.7 Å². The number of fused-ring (bicyclic) bond motifs is 1. The third kappa shape index (κ3) is 3.47. The summed E-state index contributed by atoms with van der Waals surface area (Å²) in [7, 11) is -3.77. The van der Waals surface area contributed by atoms with Crippen LogP contribution in [0.4, 0.5) is 5.69 Å². The first kappa shape index (κ1) is 18.1. The van der Waals surface area contributed by atoms with Crippen molar-refractivity contribution in [3.63, 3.8) is 0 Å². The fourth-order valence-corrected chi connectivity index (χ4v) is 3.34. The zero-order valence-corrected chi connectivity index (χ0v) is 15.4. The standard InChI is InChI=1S/C18H20N4O3S/c1-3-5-15-16(22-11-4-6-12(2)17(22)21-15)18(23)20-13-7-9-14(10-8-13)26(19,24)25/h4,6-11H,3,5H2,1-2H3,(H,20,23)(H2,19,24,25). The summed E-state index contributed by atoms with van der Waals surface area (Å²) in [5.74, 6) is -0.296. The molecule has 0 bridgehead atoms. The van der Waals surface area contributed by atoms with Gasteiger partial charge in [0.15, 0.2) is 0 Å². The summed E-state index contributed by atoms with van der Waals surface area (Å²) in [6.07, 6.45) is 3.37. The summed E-state index contributed by atoms with van der Waals surface area (Å²) in [5, 5.41) is 7.89. The topological polar surface area (TPSA) is 107 Å². The number of hydrogen-bond donors (Lipinski definition) is 2. The van der Waals surface area contributed by atoms with Gasteiger partial charge in [-0.1, -0.05) is 19.4 Å². The second kappa shape index (κ2) is 6.89. The van der Waals surface area contributed by atoms with E-state index in [2.05, 4.69) is 10.3 Å². The quantitative estimate of drug-likeness (QED) is 0.717. The number of primary sulfonamides is 1. The number of carbonyl (C=O) groups is 1. The van der Waals surface area contributed by atoms with Gasteiger partial charge in [-0.15, -0.1) is 0 Å². The number of aromatic nitrogens is 2. The Morgan fingerprint density at radius 2 is 1.92 bits per heavy atom. The predicted octanol–water partition coefficient (Wildman–Crippen LogP) is 2.49.